The van der Waals surface area contributed by atoms with E-state index in [2.05, 4.69) is 19.2 Å². The highest BCUT2D eigenvalue weighted by atomic mass is 16.5. The number of nitrogens with two attached hydrogens (primary N) is 1. The summed E-state index contributed by atoms with van der Waals surface area (Å²) in [6, 6.07) is 8.12. The van der Waals surface area contributed by atoms with E-state index in [1.54, 1.807) is 30.3 Å². The number of aliphatic hydroxyl groups is 1. The molecule has 224 valence electrons. The van der Waals surface area contributed by atoms with E-state index in [0.717, 1.165) is 24.0 Å². The van der Waals surface area contributed by atoms with Gasteiger partial charge in [-0.3, -0.25) is 4.79 Å². The fourth-order valence-electron chi connectivity index (χ4n) is 4.89. The van der Waals surface area contributed by atoms with Gasteiger partial charge in [-0.1, -0.05) is 26.0 Å². The highest BCUT2D eigenvalue weighted by molar-refractivity contribution is 5.82. The largest absolute Gasteiger partial charge is 0.504 e. The number of phenolic OH excluding ortho intramolecular Hbond substituents is 3. The molecule has 7 N–H and O–H groups in total. The van der Waals surface area contributed by atoms with Crippen LogP contribution in [0, 0.1) is 11.8 Å². The van der Waals surface area contributed by atoms with E-state index in [0.29, 0.717) is 61.9 Å². The van der Waals surface area contributed by atoms with Gasteiger partial charge >= 0.3 is 0 Å². The molecule has 0 aliphatic carbocycles. The van der Waals surface area contributed by atoms with Crippen molar-refractivity contribution in [2.24, 2.45) is 17.6 Å². The van der Waals surface area contributed by atoms with Gasteiger partial charge in [0.05, 0.1) is 25.6 Å². The number of hydrogen-bond donors (Lipinski definition) is 6. The fraction of sp³-hybridized carbons (Fsp3) is 0.469. The molecule has 0 radical (unpaired) electrons. The average Bonchev–Trinajstić information content (AvgIpc) is 2.94. The Bertz CT molecular complexity index is 1240. The molecule has 2 aromatic carbocycles. The Morgan fingerprint density at radius 3 is 2.49 bits per heavy atom. The number of aryl methyl sites for hydroxylation is 2. The van der Waals surface area contributed by atoms with E-state index in [-0.39, 0.29) is 35.2 Å². The monoisotopic (exact) mass is 568 g/mol. The number of dihydropyridines is 1. The third-order valence-corrected chi connectivity index (χ3v) is 7.28. The van der Waals surface area contributed by atoms with Crippen molar-refractivity contribution in [3.8, 4) is 28.7 Å². The predicted molar refractivity (Wildman–Crippen MR) is 158 cm³/mol. The van der Waals surface area contributed by atoms with Crippen molar-refractivity contribution in [1.29, 1.82) is 0 Å². The van der Waals surface area contributed by atoms with E-state index in [4.69, 9.17) is 15.2 Å². The van der Waals surface area contributed by atoms with Crippen LogP contribution in [0.25, 0.3) is 0 Å². The highest BCUT2D eigenvalue weighted by Crippen LogP contribution is 2.37. The molecule has 1 aliphatic rings. The number of phenols is 3. The summed E-state index contributed by atoms with van der Waals surface area (Å²) in [5, 5.41) is 44.6. The summed E-state index contributed by atoms with van der Waals surface area (Å²) < 4.78 is 10.9. The molecule has 0 spiro atoms. The van der Waals surface area contributed by atoms with Crippen molar-refractivity contribution in [2.45, 2.75) is 64.9 Å². The number of carbonyl (C=O) groups excluding carboxylic acids is 1. The molecule has 2 atom stereocenters. The molecular formula is C32H44N2O7. The Morgan fingerprint density at radius 2 is 1.78 bits per heavy atom. The van der Waals surface area contributed by atoms with Gasteiger partial charge in [0.1, 0.15) is 5.78 Å². The number of carbonyl (C=O) groups is 1. The first-order valence-corrected chi connectivity index (χ1v) is 14.2. The van der Waals surface area contributed by atoms with Crippen LogP contribution in [0.15, 0.2) is 53.9 Å². The molecular weight excluding hydrogens is 524 g/mol. The van der Waals surface area contributed by atoms with E-state index < -0.39 is 12.0 Å². The lowest BCUT2D eigenvalue weighted by atomic mass is 9.84. The van der Waals surface area contributed by atoms with Gasteiger partial charge in [-0.25, -0.2) is 0 Å². The summed E-state index contributed by atoms with van der Waals surface area (Å²) in [5.41, 5.74) is 8.34. The minimum atomic E-state index is -0.916. The molecule has 0 saturated carbocycles. The number of rotatable bonds is 16. The molecule has 1 aliphatic heterocycles. The van der Waals surface area contributed by atoms with Crippen LogP contribution >= 0.6 is 0 Å². The second-order valence-electron chi connectivity index (χ2n) is 11.0. The van der Waals surface area contributed by atoms with Crippen LogP contribution in [0.5, 0.6) is 28.7 Å². The fourth-order valence-corrected chi connectivity index (χ4v) is 4.89. The Morgan fingerprint density at radius 1 is 1.02 bits per heavy atom. The van der Waals surface area contributed by atoms with Gasteiger partial charge < -0.3 is 41.0 Å². The van der Waals surface area contributed by atoms with E-state index in [1.807, 2.05) is 6.08 Å². The minimum Gasteiger partial charge on any atom is -0.504 e. The number of allylic oxidation sites excluding steroid dienone is 2. The molecule has 2 aromatic rings. The summed E-state index contributed by atoms with van der Waals surface area (Å²) >= 11 is 0. The number of aromatic hydroxyl groups is 3. The van der Waals surface area contributed by atoms with Crippen molar-refractivity contribution in [3.05, 3.63) is 65.0 Å². The van der Waals surface area contributed by atoms with E-state index in [9.17, 15) is 25.2 Å². The van der Waals surface area contributed by atoms with Crippen LogP contribution in [0.2, 0.25) is 0 Å². The van der Waals surface area contributed by atoms with Crippen LogP contribution in [-0.4, -0.2) is 52.6 Å². The zero-order valence-corrected chi connectivity index (χ0v) is 24.2. The summed E-state index contributed by atoms with van der Waals surface area (Å²) in [7, 11) is 1.48. The molecule has 41 heavy (non-hydrogen) atoms. The number of ether oxygens (including phenoxy) is 2. The molecule has 0 saturated heterocycles. The highest BCUT2D eigenvalue weighted by Gasteiger charge is 2.28. The number of Topliss-reactive ketones (excluding diaryl/α,β-unsaturated/α-hetero) is 1. The van der Waals surface area contributed by atoms with Crippen molar-refractivity contribution in [1.82, 2.24) is 5.32 Å². The molecule has 0 bridgehead atoms. The number of hydrogen-bond acceptors (Lipinski definition) is 9. The predicted octanol–water partition coefficient (Wildman–Crippen LogP) is 4.46. The van der Waals surface area contributed by atoms with Gasteiger partial charge in [-0.15, -0.1) is 0 Å². The average molecular weight is 569 g/mol. The maximum absolute atomic E-state index is 13.5. The second kappa shape index (κ2) is 15.2. The molecule has 0 aromatic heterocycles. The standard InChI is InChI=1S/C32H44N2O7/c1-20(2)5-4-14-41-30-18-22(16-28(38)32(30)39)8-10-26(36)24(15-23-12-13-34-31(33)19-23)25(35)9-6-21-7-11-27(37)29(17-21)40-3/h7,11-12,16-20,24-25,34-35,37-39H,4-6,8-10,13-15,33H2,1-3H3/t24-,25-/m1/s1. The lowest BCUT2D eigenvalue weighted by molar-refractivity contribution is -0.126. The number of benzene rings is 2. The maximum Gasteiger partial charge on any atom is 0.200 e. The lowest BCUT2D eigenvalue weighted by Crippen LogP contribution is -2.31. The summed E-state index contributed by atoms with van der Waals surface area (Å²) in [4.78, 5) is 13.5. The Labute approximate surface area is 242 Å². The molecule has 1 heterocycles. The van der Waals surface area contributed by atoms with Gasteiger partial charge in [-0.05, 0) is 91.5 Å². The van der Waals surface area contributed by atoms with Crippen LogP contribution in [0.3, 0.4) is 0 Å². The normalized spacial score (nSPS) is 14.6. The number of nitrogens with one attached hydrogen (secondary N) is 1. The quantitative estimate of drug-likeness (QED) is 0.127. The molecule has 0 unspecified atom stereocenters. The van der Waals surface area contributed by atoms with Crippen molar-refractivity contribution < 1.29 is 34.7 Å². The molecule has 9 nitrogen and oxygen atoms in total. The van der Waals surface area contributed by atoms with Crippen LogP contribution in [0.1, 0.15) is 57.1 Å². The molecule has 9 heteroatoms. The zero-order valence-electron chi connectivity index (χ0n) is 24.2. The van der Waals surface area contributed by atoms with Gasteiger partial charge in [0.15, 0.2) is 23.0 Å². The van der Waals surface area contributed by atoms with Gasteiger partial charge in [0, 0.05) is 18.9 Å². The SMILES string of the molecule is COc1cc(CC[C@@H](O)[C@@H](CC2=CCNC(N)=C2)C(=O)CCc2cc(O)c(O)c(OCCCC(C)C)c2)ccc1O. The van der Waals surface area contributed by atoms with Crippen molar-refractivity contribution in [2.75, 3.05) is 20.3 Å². The van der Waals surface area contributed by atoms with Gasteiger partial charge in [-0.2, -0.15) is 0 Å². The first kappa shape index (κ1) is 31.7. The molecule has 0 fully saturated rings. The lowest BCUT2D eigenvalue weighted by Gasteiger charge is -2.24. The van der Waals surface area contributed by atoms with Crippen LogP contribution in [0.4, 0.5) is 0 Å². The van der Waals surface area contributed by atoms with Gasteiger partial charge in [0.25, 0.3) is 0 Å². The maximum atomic E-state index is 13.5. The minimum absolute atomic E-state index is 0.0384. The van der Waals surface area contributed by atoms with Gasteiger partial charge in [0.2, 0.25) is 5.75 Å². The van der Waals surface area contributed by atoms with Crippen LogP contribution < -0.4 is 20.5 Å². The van der Waals surface area contributed by atoms with Crippen molar-refractivity contribution in [3.63, 3.8) is 0 Å². The first-order chi connectivity index (χ1) is 19.6. The Kier molecular flexibility index (Phi) is 11.8. The summed E-state index contributed by atoms with van der Waals surface area (Å²) in [5.74, 6) is 0.248. The zero-order chi connectivity index (χ0) is 29.9. The van der Waals surface area contributed by atoms with Crippen molar-refractivity contribution >= 4 is 5.78 Å². The first-order valence-electron chi connectivity index (χ1n) is 14.2. The number of aliphatic hydroxyl groups excluding tert-OH is 1. The molecule has 3 rings (SSSR count). The summed E-state index contributed by atoms with van der Waals surface area (Å²) in [6.45, 7) is 5.22. The number of ketones is 1. The third-order valence-electron chi connectivity index (χ3n) is 7.28. The van der Waals surface area contributed by atoms with Crippen LogP contribution in [-0.2, 0) is 17.6 Å². The second-order valence-corrected chi connectivity index (χ2v) is 11.0. The Hall–Kier alpha value is -3.85. The Balaban J connectivity index is 1.70. The van der Waals surface area contributed by atoms with E-state index >= 15 is 0 Å². The summed E-state index contributed by atoms with van der Waals surface area (Å²) in [6.07, 6.45) is 6.24. The molecule has 0 amide bonds. The number of methoxy groups -OCH3 is 1. The third kappa shape index (κ3) is 9.63. The topological polar surface area (TPSA) is 154 Å². The van der Waals surface area contributed by atoms with E-state index in [1.165, 1.54) is 13.2 Å². The smallest absolute Gasteiger partial charge is 0.200 e.